The molecule has 1 aromatic heterocycles. The van der Waals surface area contributed by atoms with Crippen molar-refractivity contribution in [2.45, 2.75) is 13.0 Å². The summed E-state index contributed by atoms with van der Waals surface area (Å²) in [5.41, 5.74) is 1.35. The second kappa shape index (κ2) is 3.56. The van der Waals surface area contributed by atoms with Gasteiger partial charge in [0.25, 0.3) is 0 Å². The fraction of sp³-hybridized carbons (Fsp3) is 0.556. The van der Waals surface area contributed by atoms with E-state index in [2.05, 4.69) is 23.7 Å². The van der Waals surface area contributed by atoms with Crippen molar-refractivity contribution >= 4 is 11.3 Å². The highest BCUT2D eigenvalue weighted by Crippen LogP contribution is 2.23. The molecule has 1 aromatic rings. The molecule has 1 atom stereocenters. The predicted octanol–water partition coefficient (Wildman–Crippen LogP) is 1.72. The average molecular weight is 183 g/mol. The summed E-state index contributed by atoms with van der Waals surface area (Å²) in [5, 5.41) is 5.62. The van der Waals surface area contributed by atoms with E-state index < -0.39 is 0 Å². The monoisotopic (exact) mass is 183 g/mol. The van der Waals surface area contributed by atoms with Gasteiger partial charge in [-0.2, -0.15) is 0 Å². The fourth-order valence-electron chi connectivity index (χ4n) is 1.38. The van der Waals surface area contributed by atoms with Crippen molar-refractivity contribution in [2.24, 2.45) is 0 Å². The van der Waals surface area contributed by atoms with Crippen molar-refractivity contribution in [1.82, 2.24) is 5.32 Å². The SMILES string of the molecule is Cc1csc(C2COCCN2)c1. The van der Waals surface area contributed by atoms with Crippen LogP contribution in [0, 0.1) is 6.92 Å². The van der Waals surface area contributed by atoms with Gasteiger partial charge in [-0.25, -0.2) is 0 Å². The molecule has 0 saturated carbocycles. The highest BCUT2D eigenvalue weighted by molar-refractivity contribution is 7.10. The van der Waals surface area contributed by atoms with E-state index in [4.69, 9.17) is 4.74 Å². The molecule has 1 saturated heterocycles. The van der Waals surface area contributed by atoms with Gasteiger partial charge in [0.15, 0.2) is 0 Å². The quantitative estimate of drug-likeness (QED) is 0.715. The van der Waals surface area contributed by atoms with Gasteiger partial charge in [0.2, 0.25) is 0 Å². The molecule has 12 heavy (non-hydrogen) atoms. The Morgan fingerprint density at radius 3 is 3.17 bits per heavy atom. The third-order valence-electron chi connectivity index (χ3n) is 2.02. The first-order valence-corrected chi connectivity index (χ1v) is 5.10. The van der Waals surface area contributed by atoms with Crippen LogP contribution in [0.25, 0.3) is 0 Å². The van der Waals surface area contributed by atoms with Gasteiger partial charge in [-0.15, -0.1) is 11.3 Å². The molecule has 1 aliphatic rings. The van der Waals surface area contributed by atoms with E-state index in [1.807, 2.05) is 11.3 Å². The Morgan fingerprint density at radius 2 is 2.58 bits per heavy atom. The summed E-state index contributed by atoms with van der Waals surface area (Å²) >= 11 is 1.81. The molecule has 2 nitrogen and oxygen atoms in total. The summed E-state index contributed by atoms with van der Waals surface area (Å²) < 4.78 is 5.39. The van der Waals surface area contributed by atoms with E-state index >= 15 is 0 Å². The third kappa shape index (κ3) is 1.68. The van der Waals surface area contributed by atoms with Crippen molar-refractivity contribution < 1.29 is 4.74 Å². The average Bonchev–Trinajstić information content (AvgIpc) is 2.54. The molecule has 0 aromatic carbocycles. The molecule has 0 amide bonds. The van der Waals surface area contributed by atoms with E-state index in [0.717, 1.165) is 19.8 Å². The Labute approximate surface area is 76.6 Å². The highest BCUT2D eigenvalue weighted by atomic mass is 32.1. The molecule has 1 N–H and O–H groups in total. The Bertz CT molecular complexity index is 253. The largest absolute Gasteiger partial charge is 0.378 e. The van der Waals surface area contributed by atoms with Crippen LogP contribution >= 0.6 is 11.3 Å². The number of rotatable bonds is 1. The Kier molecular flexibility index (Phi) is 2.44. The molecular formula is C9H13NOS. The maximum atomic E-state index is 5.39. The molecule has 0 radical (unpaired) electrons. The number of ether oxygens (including phenoxy) is 1. The van der Waals surface area contributed by atoms with Crippen LogP contribution in [0.2, 0.25) is 0 Å². The van der Waals surface area contributed by atoms with Crippen molar-refractivity contribution in [2.75, 3.05) is 19.8 Å². The van der Waals surface area contributed by atoms with Crippen molar-refractivity contribution in [1.29, 1.82) is 0 Å². The van der Waals surface area contributed by atoms with Crippen LogP contribution in [0.1, 0.15) is 16.5 Å². The lowest BCUT2D eigenvalue weighted by Gasteiger charge is -2.22. The third-order valence-corrected chi connectivity index (χ3v) is 3.18. The van der Waals surface area contributed by atoms with Gasteiger partial charge < -0.3 is 10.1 Å². The molecule has 3 heteroatoms. The van der Waals surface area contributed by atoms with Gasteiger partial charge in [0.1, 0.15) is 0 Å². The van der Waals surface area contributed by atoms with E-state index in [0.29, 0.717) is 6.04 Å². The second-order valence-corrected chi connectivity index (χ2v) is 4.05. The van der Waals surface area contributed by atoms with Crippen molar-refractivity contribution in [3.05, 3.63) is 21.9 Å². The van der Waals surface area contributed by atoms with Crippen LogP contribution in [-0.2, 0) is 4.74 Å². The van der Waals surface area contributed by atoms with Gasteiger partial charge in [-0.05, 0) is 23.9 Å². The number of morpholine rings is 1. The smallest absolute Gasteiger partial charge is 0.0670 e. The van der Waals surface area contributed by atoms with E-state index in [9.17, 15) is 0 Å². The Morgan fingerprint density at radius 1 is 1.67 bits per heavy atom. The lowest BCUT2D eigenvalue weighted by Crippen LogP contribution is -2.33. The molecule has 0 aliphatic carbocycles. The van der Waals surface area contributed by atoms with Crippen LogP contribution in [0.4, 0.5) is 0 Å². The summed E-state index contributed by atoms with van der Waals surface area (Å²) in [6, 6.07) is 2.66. The first-order chi connectivity index (χ1) is 5.86. The van der Waals surface area contributed by atoms with Crippen molar-refractivity contribution in [3.8, 4) is 0 Å². The second-order valence-electron chi connectivity index (χ2n) is 3.11. The van der Waals surface area contributed by atoms with Gasteiger partial charge in [-0.3, -0.25) is 0 Å². The maximum Gasteiger partial charge on any atom is 0.0670 e. The lowest BCUT2D eigenvalue weighted by molar-refractivity contribution is 0.0779. The Hall–Kier alpha value is -0.380. The van der Waals surface area contributed by atoms with Gasteiger partial charge in [-0.1, -0.05) is 0 Å². The summed E-state index contributed by atoms with van der Waals surface area (Å²) in [6.45, 7) is 4.77. The molecule has 66 valence electrons. The van der Waals surface area contributed by atoms with Crippen LogP contribution in [0.5, 0.6) is 0 Å². The number of thiophene rings is 1. The van der Waals surface area contributed by atoms with E-state index in [1.54, 1.807) is 0 Å². The highest BCUT2D eigenvalue weighted by Gasteiger charge is 2.15. The summed E-state index contributed by atoms with van der Waals surface area (Å²) in [5.74, 6) is 0. The summed E-state index contributed by atoms with van der Waals surface area (Å²) in [7, 11) is 0. The zero-order valence-corrected chi connectivity index (χ0v) is 7.99. The first kappa shape index (κ1) is 8.23. The lowest BCUT2D eigenvalue weighted by atomic mass is 10.2. The molecule has 1 fully saturated rings. The topological polar surface area (TPSA) is 21.3 Å². The maximum absolute atomic E-state index is 5.39. The van der Waals surface area contributed by atoms with Crippen LogP contribution < -0.4 is 5.32 Å². The zero-order chi connectivity index (χ0) is 8.39. The standard InChI is InChI=1S/C9H13NOS/c1-7-4-9(12-6-7)8-5-11-3-2-10-8/h4,6,8,10H,2-3,5H2,1H3. The predicted molar refractivity (Wildman–Crippen MR) is 50.6 cm³/mol. The number of hydrogen-bond acceptors (Lipinski definition) is 3. The minimum atomic E-state index is 0.428. The molecule has 2 rings (SSSR count). The normalized spacial score (nSPS) is 24.2. The number of nitrogens with one attached hydrogen (secondary N) is 1. The molecule has 0 bridgehead atoms. The summed E-state index contributed by atoms with van der Waals surface area (Å²) in [4.78, 5) is 1.40. The van der Waals surface area contributed by atoms with Gasteiger partial charge >= 0.3 is 0 Å². The summed E-state index contributed by atoms with van der Waals surface area (Å²) in [6.07, 6.45) is 0. The van der Waals surface area contributed by atoms with Crippen LogP contribution in [0.15, 0.2) is 11.4 Å². The van der Waals surface area contributed by atoms with Crippen LogP contribution in [0.3, 0.4) is 0 Å². The fourth-order valence-corrected chi connectivity index (χ4v) is 2.34. The molecule has 2 heterocycles. The molecule has 0 spiro atoms. The van der Waals surface area contributed by atoms with Gasteiger partial charge in [0, 0.05) is 11.4 Å². The molecular weight excluding hydrogens is 170 g/mol. The minimum absolute atomic E-state index is 0.428. The Balaban J connectivity index is 2.08. The van der Waals surface area contributed by atoms with E-state index in [1.165, 1.54) is 10.4 Å². The minimum Gasteiger partial charge on any atom is -0.378 e. The van der Waals surface area contributed by atoms with Crippen LogP contribution in [-0.4, -0.2) is 19.8 Å². The number of aryl methyl sites for hydroxylation is 1. The molecule has 1 aliphatic heterocycles. The molecule has 1 unspecified atom stereocenters. The van der Waals surface area contributed by atoms with Crippen molar-refractivity contribution in [3.63, 3.8) is 0 Å². The number of hydrogen-bond donors (Lipinski definition) is 1. The van der Waals surface area contributed by atoms with E-state index in [-0.39, 0.29) is 0 Å². The first-order valence-electron chi connectivity index (χ1n) is 4.22. The van der Waals surface area contributed by atoms with Gasteiger partial charge in [0.05, 0.1) is 19.3 Å². The zero-order valence-electron chi connectivity index (χ0n) is 7.17.